The van der Waals surface area contributed by atoms with Gasteiger partial charge in [-0.25, -0.2) is 4.99 Å². The second-order valence-electron chi connectivity index (χ2n) is 5.92. The molecule has 0 aliphatic heterocycles. The average molecular weight is 407 g/mol. The Morgan fingerprint density at radius 1 is 1.21 bits per heavy atom. The first-order valence-electron chi connectivity index (χ1n) is 8.80. The first-order valence-corrected chi connectivity index (χ1v) is 9.17. The van der Waals surface area contributed by atoms with Crippen molar-refractivity contribution in [2.24, 2.45) is 4.99 Å². The zero-order valence-electron chi connectivity index (χ0n) is 15.5. The van der Waals surface area contributed by atoms with Crippen molar-refractivity contribution in [3.63, 3.8) is 0 Å². The molecule has 0 amide bonds. The zero-order chi connectivity index (χ0) is 20.4. The number of non-ortho nitro benzene ring substituents is 1. The van der Waals surface area contributed by atoms with Gasteiger partial charge in [-0.05, 0) is 36.8 Å². The molecule has 0 aliphatic carbocycles. The molecule has 0 heterocycles. The highest BCUT2D eigenvalue weighted by atomic mass is 35.5. The lowest BCUT2D eigenvalue weighted by atomic mass is 10.2. The minimum atomic E-state index is -0.783. The predicted molar refractivity (Wildman–Crippen MR) is 109 cm³/mol. The van der Waals surface area contributed by atoms with Crippen LogP contribution in [0.5, 0.6) is 5.75 Å². The first kappa shape index (κ1) is 21.5. The van der Waals surface area contributed by atoms with Crippen molar-refractivity contribution in [1.29, 1.82) is 0 Å². The molecule has 8 nitrogen and oxygen atoms in total. The van der Waals surface area contributed by atoms with Crippen LogP contribution in [0.25, 0.3) is 0 Å². The predicted octanol–water partition coefficient (Wildman–Crippen LogP) is 2.74. The van der Waals surface area contributed by atoms with Gasteiger partial charge < -0.3 is 20.5 Å². The molecule has 2 aromatic rings. The standard InChI is InChI=1S/C19H23ClN4O4/c1-2-21-19(22-11-14-3-5-15(20)6-4-14)23-12-17(25)13-28-18-9-7-16(8-10-18)24(26)27/h3-10,17,25H,2,11-13H2,1H3,(H2,21,22,23). The molecule has 0 aromatic heterocycles. The van der Waals surface area contributed by atoms with Crippen LogP contribution in [0.2, 0.25) is 5.02 Å². The second kappa shape index (κ2) is 11.1. The Morgan fingerprint density at radius 3 is 2.50 bits per heavy atom. The molecule has 0 fully saturated rings. The van der Waals surface area contributed by atoms with Crippen LogP contribution >= 0.6 is 11.6 Å². The average Bonchev–Trinajstić information content (AvgIpc) is 2.70. The summed E-state index contributed by atoms with van der Waals surface area (Å²) in [6.45, 7) is 3.39. The third-order valence-electron chi connectivity index (χ3n) is 3.67. The van der Waals surface area contributed by atoms with E-state index in [1.807, 2.05) is 31.2 Å². The second-order valence-corrected chi connectivity index (χ2v) is 6.35. The van der Waals surface area contributed by atoms with Crippen LogP contribution in [-0.2, 0) is 6.54 Å². The van der Waals surface area contributed by atoms with Gasteiger partial charge in [-0.15, -0.1) is 0 Å². The van der Waals surface area contributed by atoms with Crippen molar-refractivity contribution >= 4 is 23.2 Å². The Balaban J connectivity index is 1.80. The molecule has 0 saturated heterocycles. The molecule has 0 radical (unpaired) electrons. The number of aliphatic imine (C=N–C) groups is 1. The molecule has 0 bridgehead atoms. The number of hydrogen-bond acceptors (Lipinski definition) is 5. The molecule has 2 aromatic carbocycles. The molecule has 0 aliphatic rings. The maximum Gasteiger partial charge on any atom is 0.269 e. The summed E-state index contributed by atoms with van der Waals surface area (Å²) >= 11 is 5.87. The van der Waals surface area contributed by atoms with E-state index in [0.29, 0.717) is 29.8 Å². The van der Waals surface area contributed by atoms with Crippen molar-refractivity contribution in [1.82, 2.24) is 10.6 Å². The highest BCUT2D eigenvalue weighted by molar-refractivity contribution is 6.30. The third kappa shape index (κ3) is 7.42. The van der Waals surface area contributed by atoms with Gasteiger partial charge in [0.1, 0.15) is 18.5 Å². The number of nitro benzene ring substituents is 1. The van der Waals surface area contributed by atoms with Gasteiger partial charge in [0.15, 0.2) is 5.96 Å². The molecule has 9 heteroatoms. The molecule has 1 atom stereocenters. The third-order valence-corrected chi connectivity index (χ3v) is 3.92. The summed E-state index contributed by atoms with van der Waals surface area (Å²) in [5.41, 5.74) is 1.01. The number of nitrogens with zero attached hydrogens (tertiary/aromatic N) is 2. The van der Waals surface area contributed by atoms with Crippen molar-refractivity contribution in [3.8, 4) is 5.75 Å². The number of aliphatic hydroxyl groups is 1. The van der Waals surface area contributed by atoms with Crippen LogP contribution in [0.15, 0.2) is 53.5 Å². The SMILES string of the molecule is CCNC(=NCc1ccc(Cl)cc1)NCC(O)COc1ccc([N+](=O)[O-])cc1. The minimum Gasteiger partial charge on any atom is -0.491 e. The van der Waals surface area contributed by atoms with E-state index in [4.69, 9.17) is 16.3 Å². The maximum absolute atomic E-state index is 10.6. The van der Waals surface area contributed by atoms with E-state index >= 15 is 0 Å². The highest BCUT2D eigenvalue weighted by Crippen LogP contribution is 2.17. The lowest BCUT2D eigenvalue weighted by Gasteiger charge is -2.16. The van der Waals surface area contributed by atoms with Crippen molar-refractivity contribution in [2.45, 2.75) is 19.6 Å². The quantitative estimate of drug-likeness (QED) is 0.256. The largest absolute Gasteiger partial charge is 0.491 e. The first-order chi connectivity index (χ1) is 13.5. The zero-order valence-corrected chi connectivity index (χ0v) is 16.2. The molecule has 0 saturated carbocycles. The van der Waals surface area contributed by atoms with Crippen LogP contribution in [0.1, 0.15) is 12.5 Å². The van der Waals surface area contributed by atoms with Gasteiger partial charge in [0.2, 0.25) is 0 Å². The summed E-state index contributed by atoms with van der Waals surface area (Å²) < 4.78 is 5.45. The number of guanidine groups is 1. The van der Waals surface area contributed by atoms with Gasteiger partial charge >= 0.3 is 0 Å². The lowest BCUT2D eigenvalue weighted by Crippen LogP contribution is -2.42. The summed E-state index contributed by atoms with van der Waals surface area (Å²) in [5, 5.41) is 27.6. The Bertz CT molecular complexity index is 782. The van der Waals surface area contributed by atoms with Gasteiger partial charge in [0.05, 0.1) is 11.5 Å². The van der Waals surface area contributed by atoms with Gasteiger partial charge in [0, 0.05) is 30.2 Å². The van der Waals surface area contributed by atoms with Crippen molar-refractivity contribution in [2.75, 3.05) is 19.7 Å². The van der Waals surface area contributed by atoms with E-state index in [1.54, 1.807) is 0 Å². The van der Waals surface area contributed by atoms with E-state index in [0.717, 1.165) is 5.56 Å². The van der Waals surface area contributed by atoms with E-state index in [9.17, 15) is 15.2 Å². The monoisotopic (exact) mass is 406 g/mol. The fourth-order valence-electron chi connectivity index (χ4n) is 2.23. The molecule has 3 N–H and O–H groups in total. The van der Waals surface area contributed by atoms with E-state index in [1.165, 1.54) is 24.3 Å². The number of nitrogens with one attached hydrogen (secondary N) is 2. The van der Waals surface area contributed by atoms with Gasteiger partial charge in [-0.2, -0.15) is 0 Å². The lowest BCUT2D eigenvalue weighted by molar-refractivity contribution is -0.384. The van der Waals surface area contributed by atoms with Crippen LogP contribution < -0.4 is 15.4 Å². The number of benzene rings is 2. The summed E-state index contributed by atoms with van der Waals surface area (Å²) in [6, 6.07) is 13.1. The Kier molecular flexibility index (Phi) is 8.51. The van der Waals surface area contributed by atoms with Crippen molar-refractivity contribution in [3.05, 3.63) is 69.2 Å². The van der Waals surface area contributed by atoms with E-state index < -0.39 is 11.0 Å². The van der Waals surface area contributed by atoms with E-state index in [2.05, 4.69) is 15.6 Å². The van der Waals surface area contributed by atoms with Crippen LogP contribution in [0.4, 0.5) is 5.69 Å². The molecule has 2 rings (SSSR count). The molecule has 1 unspecified atom stereocenters. The minimum absolute atomic E-state index is 0.0123. The van der Waals surface area contributed by atoms with E-state index in [-0.39, 0.29) is 18.8 Å². The summed E-state index contributed by atoms with van der Waals surface area (Å²) in [7, 11) is 0. The topological polar surface area (TPSA) is 109 Å². The Hall–Kier alpha value is -2.84. The molecular weight excluding hydrogens is 384 g/mol. The highest BCUT2D eigenvalue weighted by Gasteiger charge is 2.09. The number of rotatable bonds is 9. The molecule has 28 heavy (non-hydrogen) atoms. The number of ether oxygens (including phenoxy) is 1. The number of aliphatic hydroxyl groups excluding tert-OH is 1. The fourth-order valence-corrected chi connectivity index (χ4v) is 2.36. The summed E-state index contributed by atoms with van der Waals surface area (Å²) in [5.74, 6) is 1.03. The van der Waals surface area contributed by atoms with Gasteiger partial charge in [-0.3, -0.25) is 10.1 Å². The number of nitro groups is 1. The Morgan fingerprint density at radius 2 is 1.89 bits per heavy atom. The fraction of sp³-hybridized carbons (Fsp3) is 0.316. The molecular formula is C19H23ClN4O4. The van der Waals surface area contributed by atoms with Gasteiger partial charge in [0.25, 0.3) is 5.69 Å². The van der Waals surface area contributed by atoms with Gasteiger partial charge in [-0.1, -0.05) is 23.7 Å². The number of halogens is 1. The molecule has 150 valence electrons. The molecule has 0 spiro atoms. The number of hydrogen-bond donors (Lipinski definition) is 3. The van der Waals surface area contributed by atoms with Crippen LogP contribution in [-0.4, -0.2) is 41.8 Å². The smallest absolute Gasteiger partial charge is 0.269 e. The normalized spacial score (nSPS) is 12.3. The maximum atomic E-state index is 10.6. The van der Waals surface area contributed by atoms with Crippen LogP contribution in [0.3, 0.4) is 0 Å². The Labute approximate surface area is 168 Å². The van der Waals surface area contributed by atoms with Crippen molar-refractivity contribution < 1.29 is 14.8 Å². The summed E-state index contributed by atoms with van der Waals surface area (Å²) in [4.78, 5) is 14.6. The summed E-state index contributed by atoms with van der Waals surface area (Å²) in [6.07, 6.45) is -0.783. The van der Waals surface area contributed by atoms with Crippen LogP contribution in [0, 0.1) is 10.1 Å².